The predicted molar refractivity (Wildman–Crippen MR) is 63.9 cm³/mol. The molecule has 2 rings (SSSR count). The van der Waals surface area contributed by atoms with E-state index in [2.05, 4.69) is 22.0 Å². The number of hydrogen-bond acceptors (Lipinski definition) is 2. The topological polar surface area (TPSA) is 46.3 Å². The molecule has 4 heteroatoms. The molecule has 1 aromatic rings. The molecule has 1 atom stereocenters. The first kappa shape index (κ1) is 10.6. The first-order valence-electron chi connectivity index (χ1n) is 4.84. The van der Waals surface area contributed by atoms with E-state index < -0.39 is 0 Å². The van der Waals surface area contributed by atoms with Gasteiger partial charge in [0.05, 0.1) is 12.2 Å². The third kappa shape index (κ3) is 1.68. The van der Waals surface area contributed by atoms with Crippen LogP contribution in [-0.2, 0) is 4.79 Å². The minimum atomic E-state index is -0.322. The van der Waals surface area contributed by atoms with E-state index in [-0.39, 0.29) is 11.9 Å². The van der Waals surface area contributed by atoms with E-state index in [1.54, 1.807) is 4.90 Å². The van der Waals surface area contributed by atoms with Crippen molar-refractivity contribution < 1.29 is 4.79 Å². The molecule has 80 valence electrons. The van der Waals surface area contributed by atoms with Gasteiger partial charge < -0.3 is 10.6 Å². The van der Waals surface area contributed by atoms with Gasteiger partial charge in [-0.25, -0.2) is 0 Å². The van der Waals surface area contributed by atoms with E-state index in [0.717, 1.165) is 15.7 Å². The molecule has 0 radical (unpaired) electrons. The molecule has 1 aliphatic heterocycles. The van der Waals surface area contributed by atoms with Gasteiger partial charge in [-0.1, -0.05) is 6.07 Å². The molecule has 2 N–H and O–H groups in total. The molecule has 1 aliphatic rings. The van der Waals surface area contributed by atoms with Crippen molar-refractivity contribution in [1.29, 1.82) is 0 Å². The second kappa shape index (κ2) is 3.61. The average molecular weight is 269 g/mol. The number of nitrogens with zero attached hydrogens (tertiary/aromatic N) is 1. The van der Waals surface area contributed by atoms with Gasteiger partial charge in [0.15, 0.2) is 0 Å². The molecule has 0 bridgehead atoms. The largest absolute Gasteiger partial charge is 0.318 e. The smallest absolute Gasteiger partial charge is 0.245 e. The number of benzene rings is 1. The SMILES string of the molecule is Cc1cc(C)c(N2CC(N)C2=O)c(Br)c1. The summed E-state index contributed by atoms with van der Waals surface area (Å²) in [5.74, 6) is 0.00246. The maximum atomic E-state index is 11.5. The summed E-state index contributed by atoms with van der Waals surface area (Å²) >= 11 is 3.49. The molecule has 0 spiro atoms. The number of amides is 1. The first-order chi connectivity index (χ1) is 7.00. The van der Waals surface area contributed by atoms with E-state index in [1.165, 1.54) is 5.56 Å². The number of hydrogen-bond donors (Lipinski definition) is 1. The quantitative estimate of drug-likeness (QED) is 0.789. The average Bonchev–Trinajstić information content (AvgIpc) is 2.15. The summed E-state index contributed by atoms with van der Waals surface area (Å²) in [4.78, 5) is 13.3. The highest BCUT2D eigenvalue weighted by Crippen LogP contribution is 2.34. The van der Waals surface area contributed by atoms with E-state index >= 15 is 0 Å². The van der Waals surface area contributed by atoms with E-state index in [1.807, 2.05) is 19.9 Å². The second-order valence-electron chi connectivity index (χ2n) is 3.97. The van der Waals surface area contributed by atoms with Crippen LogP contribution in [0.4, 0.5) is 5.69 Å². The number of β-lactam (4-membered cyclic amide) rings is 1. The molecule has 1 aromatic carbocycles. The molecule has 1 saturated heterocycles. The summed E-state index contributed by atoms with van der Waals surface area (Å²) in [5, 5.41) is 0. The second-order valence-corrected chi connectivity index (χ2v) is 4.82. The van der Waals surface area contributed by atoms with Gasteiger partial charge in [-0.05, 0) is 47.0 Å². The number of aryl methyl sites for hydroxylation is 2. The van der Waals surface area contributed by atoms with Gasteiger partial charge >= 0.3 is 0 Å². The van der Waals surface area contributed by atoms with Crippen LogP contribution in [0.3, 0.4) is 0 Å². The van der Waals surface area contributed by atoms with Crippen LogP contribution in [0.15, 0.2) is 16.6 Å². The summed E-state index contributed by atoms with van der Waals surface area (Å²) in [5.41, 5.74) is 8.80. The Morgan fingerprint density at radius 3 is 2.60 bits per heavy atom. The molecule has 0 aliphatic carbocycles. The lowest BCUT2D eigenvalue weighted by Crippen LogP contribution is -2.61. The normalized spacial score (nSPS) is 20.4. The Morgan fingerprint density at radius 2 is 2.13 bits per heavy atom. The van der Waals surface area contributed by atoms with Crippen LogP contribution < -0.4 is 10.6 Å². The van der Waals surface area contributed by atoms with Crippen LogP contribution >= 0.6 is 15.9 Å². The van der Waals surface area contributed by atoms with E-state index in [4.69, 9.17) is 5.73 Å². The van der Waals surface area contributed by atoms with Gasteiger partial charge in [0.2, 0.25) is 5.91 Å². The van der Waals surface area contributed by atoms with Crippen molar-refractivity contribution >= 4 is 27.5 Å². The minimum Gasteiger partial charge on any atom is -0.318 e. The summed E-state index contributed by atoms with van der Waals surface area (Å²) in [7, 11) is 0. The highest BCUT2D eigenvalue weighted by Gasteiger charge is 2.36. The highest BCUT2D eigenvalue weighted by molar-refractivity contribution is 9.10. The Morgan fingerprint density at radius 1 is 1.47 bits per heavy atom. The van der Waals surface area contributed by atoms with Crippen LogP contribution in [0.25, 0.3) is 0 Å². The molecule has 0 saturated carbocycles. The summed E-state index contributed by atoms with van der Waals surface area (Å²) in [6.45, 7) is 4.65. The lowest BCUT2D eigenvalue weighted by Gasteiger charge is -2.37. The Kier molecular flexibility index (Phi) is 2.56. The maximum Gasteiger partial charge on any atom is 0.245 e. The van der Waals surface area contributed by atoms with Gasteiger partial charge in [-0.15, -0.1) is 0 Å². The van der Waals surface area contributed by atoms with Gasteiger partial charge in [0.1, 0.15) is 6.04 Å². The molecular formula is C11H13BrN2O. The van der Waals surface area contributed by atoms with E-state index in [0.29, 0.717) is 6.54 Å². The zero-order chi connectivity index (χ0) is 11.2. The molecule has 1 unspecified atom stereocenters. The summed E-state index contributed by atoms with van der Waals surface area (Å²) in [6, 6.07) is 3.76. The standard InChI is InChI=1S/C11H13BrN2O/c1-6-3-7(2)10(8(12)4-6)14-5-9(13)11(14)15/h3-4,9H,5,13H2,1-2H3. The van der Waals surface area contributed by atoms with Gasteiger partial charge in [-0.2, -0.15) is 0 Å². The number of halogens is 1. The van der Waals surface area contributed by atoms with Gasteiger partial charge in [0.25, 0.3) is 0 Å². The molecule has 15 heavy (non-hydrogen) atoms. The first-order valence-corrected chi connectivity index (χ1v) is 5.63. The van der Waals surface area contributed by atoms with Crippen molar-refractivity contribution in [3.63, 3.8) is 0 Å². The fourth-order valence-corrected chi connectivity index (χ4v) is 2.79. The van der Waals surface area contributed by atoms with Gasteiger partial charge in [0, 0.05) is 4.47 Å². The molecule has 3 nitrogen and oxygen atoms in total. The van der Waals surface area contributed by atoms with Crippen molar-refractivity contribution in [2.75, 3.05) is 11.4 Å². The highest BCUT2D eigenvalue weighted by atomic mass is 79.9. The van der Waals surface area contributed by atoms with Crippen LogP contribution in [0.1, 0.15) is 11.1 Å². The Bertz CT molecular complexity index is 408. The van der Waals surface area contributed by atoms with Gasteiger partial charge in [-0.3, -0.25) is 4.79 Å². The zero-order valence-electron chi connectivity index (χ0n) is 8.75. The molecule has 1 heterocycles. The van der Waals surface area contributed by atoms with Crippen LogP contribution in [0, 0.1) is 13.8 Å². The number of carbonyl (C=O) groups excluding carboxylic acids is 1. The van der Waals surface area contributed by atoms with Crippen molar-refractivity contribution in [2.45, 2.75) is 19.9 Å². The fraction of sp³-hybridized carbons (Fsp3) is 0.364. The lowest BCUT2D eigenvalue weighted by atomic mass is 10.0. The molecule has 1 fully saturated rings. The Balaban J connectivity index is 2.41. The zero-order valence-corrected chi connectivity index (χ0v) is 10.3. The fourth-order valence-electron chi connectivity index (χ4n) is 1.90. The Labute approximate surface area is 97.4 Å². The lowest BCUT2D eigenvalue weighted by molar-refractivity contribution is -0.123. The number of nitrogens with two attached hydrogens (primary N) is 1. The predicted octanol–water partition coefficient (Wildman–Crippen LogP) is 1.74. The number of anilines is 1. The number of rotatable bonds is 1. The van der Waals surface area contributed by atoms with Crippen LogP contribution in [0.5, 0.6) is 0 Å². The Hall–Kier alpha value is -0.870. The molecule has 0 aromatic heterocycles. The summed E-state index contributed by atoms with van der Waals surface area (Å²) < 4.78 is 0.959. The van der Waals surface area contributed by atoms with E-state index in [9.17, 15) is 4.79 Å². The minimum absolute atomic E-state index is 0.00246. The summed E-state index contributed by atoms with van der Waals surface area (Å²) in [6.07, 6.45) is 0. The third-order valence-electron chi connectivity index (χ3n) is 2.63. The van der Waals surface area contributed by atoms with Crippen molar-refractivity contribution in [3.8, 4) is 0 Å². The third-order valence-corrected chi connectivity index (χ3v) is 3.24. The molecule has 1 amide bonds. The number of carbonyl (C=O) groups is 1. The molecular weight excluding hydrogens is 256 g/mol. The van der Waals surface area contributed by atoms with Crippen molar-refractivity contribution in [2.24, 2.45) is 5.73 Å². The van der Waals surface area contributed by atoms with Crippen LogP contribution in [-0.4, -0.2) is 18.5 Å². The van der Waals surface area contributed by atoms with Crippen molar-refractivity contribution in [1.82, 2.24) is 0 Å². The maximum absolute atomic E-state index is 11.5. The monoisotopic (exact) mass is 268 g/mol. The van der Waals surface area contributed by atoms with Crippen molar-refractivity contribution in [3.05, 3.63) is 27.7 Å². The van der Waals surface area contributed by atoms with Crippen LogP contribution in [0.2, 0.25) is 0 Å².